The number of carbonyl (C=O) groups is 1. The van der Waals surface area contributed by atoms with Gasteiger partial charge < -0.3 is 4.74 Å². The predicted octanol–water partition coefficient (Wildman–Crippen LogP) is 7.69. The van der Waals surface area contributed by atoms with E-state index < -0.39 is 0 Å². The van der Waals surface area contributed by atoms with E-state index in [4.69, 9.17) is 21.3 Å². The number of hydrogen-bond donors (Lipinski definition) is 0. The quantitative estimate of drug-likeness (QED) is 0.131. The maximum Gasteiger partial charge on any atom is 0.338 e. The van der Waals surface area contributed by atoms with E-state index in [0.717, 1.165) is 49.7 Å². The average Bonchev–Trinajstić information content (AvgIpc) is 2.86. The predicted molar refractivity (Wildman–Crippen MR) is 144 cm³/mol. The van der Waals surface area contributed by atoms with Gasteiger partial charge in [-0.15, -0.1) is 0 Å². The van der Waals surface area contributed by atoms with Crippen LogP contribution in [0.1, 0.15) is 45.1 Å². The lowest BCUT2D eigenvalue weighted by molar-refractivity contribution is 0.0599. The van der Waals surface area contributed by atoms with Crippen LogP contribution in [-0.2, 0) is 4.74 Å². The van der Waals surface area contributed by atoms with E-state index in [-0.39, 0.29) is 11.9 Å². The molecule has 0 amide bonds. The molecule has 166 valence electrons. The highest BCUT2D eigenvalue weighted by atomic mass is 127. The van der Waals surface area contributed by atoms with Gasteiger partial charge in [0.2, 0.25) is 0 Å². The molecular formula is C28H23ClINO2. The third kappa shape index (κ3) is 5.12. The second kappa shape index (κ2) is 10.5. The van der Waals surface area contributed by atoms with Gasteiger partial charge in [-0.05, 0) is 47.4 Å². The molecule has 1 unspecified atom stereocenters. The molecule has 4 aromatic rings. The number of carbonyl (C=O) groups excluding carboxylic acids is 1. The molecule has 0 bridgehead atoms. The molecule has 0 N–H and O–H groups in total. The van der Waals surface area contributed by atoms with Gasteiger partial charge in [-0.25, -0.2) is 9.78 Å². The van der Waals surface area contributed by atoms with Crippen molar-refractivity contribution in [1.29, 1.82) is 0 Å². The first-order chi connectivity index (χ1) is 16.0. The van der Waals surface area contributed by atoms with Crippen molar-refractivity contribution >= 4 is 56.6 Å². The molecule has 4 rings (SSSR count). The van der Waals surface area contributed by atoms with Gasteiger partial charge in [-0.1, -0.05) is 95.4 Å². The Morgan fingerprint density at radius 1 is 1.06 bits per heavy atom. The number of halogens is 2. The summed E-state index contributed by atoms with van der Waals surface area (Å²) in [6, 6.07) is 25.7. The minimum absolute atomic E-state index is 0.0633. The lowest BCUT2D eigenvalue weighted by Crippen LogP contribution is -2.11. The molecule has 0 fully saturated rings. The molecule has 5 heteroatoms. The number of hydrogen-bond acceptors (Lipinski definition) is 3. The van der Waals surface area contributed by atoms with Gasteiger partial charge in [0.25, 0.3) is 0 Å². The highest BCUT2D eigenvalue weighted by Gasteiger charge is 2.21. The average molecular weight is 568 g/mol. The van der Waals surface area contributed by atoms with Crippen LogP contribution < -0.4 is 0 Å². The molecule has 0 saturated heterocycles. The molecule has 0 aliphatic rings. The number of fused-ring (bicyclic) bond motifs is 1. The molecule has 0 aliphatic carbocycles. The fourth-order valence-electron chi connectivity index (χ4n) is 4.06. The fourth-order valence-corrected chi connectivity index (χ4v) is 4.85. The molecule has 1 heterocycles. The SMILES string of the molecule is C=C(c1cccc(C(CCI)c2ccccc2C(=O)OC)c1)c1ccc2ccc(Cl)cc2n1. The maximum atomic E-state index is 12.4. The van der Waals surface area contributed by atoms with Crippen molar-refractivity contribution in [2.45, 2.75) is 12.3 Å². The third-order valence-electron chi connectivity index (χ3n) is 5.74. The summed E-state index contributed by atoms with van der Waals surface area (Å²) in [7, 11) is 1.42. The number of aromatic nitrogens is 1. The molecular weight excluding hydrogens is 545 g/mol. The van der Waals surface area contributed by atoms with Gasteiger partial charge in [0.05, 0.1) is 23.9 Å². The highest BCUT2D eigenvalue weighted by Crippen LogP contribution is 2.34. The highest BCUT2D eigenvalue weighted by molar-refractivity contribution is 14.1. The second-order valence-corrected chi connectivity index (χ2v) is 9.26. The zero-order valence-corrected chi connectivity index (χ0v) is 21.1. The van der Waals surface area contributed by atoms with E-state index >= 15 is 0 Å². The molecule has 33 heavy (non-hydrogen) atoms. The summed E-state index contributed by atoms with van der Waals surface area (Å²) in [6.45, 7) is 4.33. The van der Waals surface area contributed by atoms with Crippen molar-refractivity contribution in [2.24, 2.45) is 0 Å². The van der Waals surface area contributed by atoms with Crippen LogP contribution in [0.5, 0.6) is 0 Å². The van der Waals surface area contributed by atoms with E-state index in [9.17, 15) is 4.79 Å². The van der Waals surface area contributed by atoms with Crippen LogP contribution in [0, 0.1) is 0 Å². The number of benzene rings is 3. The number of pyridine rings is 1. The topological polar surface area (TPSA) is 39.2 Å². The van der Waals surface area contributed by atoms with Crippen molar-refractivity contribution < 1.29 is 9.53 Å². The fraction of sp³-hybridized carbons (Fsp3) is 0.143. The number of methoxy groups -OCH3 is 1. The van der Waals surface area contributed by atoms with Crippen molar-refractivity contribution in [2.75, 3.05) is 11.5 Å². The standard InChI is InChI=1S/C28H23ClINO2/c1-18(26-13-11-19-10-12-22(29)17-27(19)31-26)20-6-5-7-21(16-20)23(14-15-30)24-8-3-4-9-25(24)28(32)33-2/h3-13,16-17,23H,1,14-15H2,2H3. The zero-order valence-electron chi connectivity index (χ0n) is 18.2. The summed E-state index contributed by atoms with van der Waals surface area (Å²) in [6.07, 6.45) is 0.900. The van der Waals surface area contributed by atoms with E-state index in [1.165, 1.54) is 7.11 Å². The lowest BCUT2D eigenvalue weighted by atomic mass is 9.85. The van der Waals surface area contributed by atoms with Crippen LogP contribution in [-0.4, -0.2) is 22.5 Å². The van der Waals surface area contributed by atoms with Gasteiger partial charge in [-0.2, -0.15) is 0 Å². The molecule has 3 nitrogen and oxygen atoms in total. The van der Waals surface area contributed by atoms with Crippen molar-refractivity contribution in [3.8, 4) is 0 Å². The molecule has 1 aromatic heterocycles. The smallest absolute Gasteiger partial charge is 0.338 e. The second-order valence-electron chi connectivity index (χ2n) is 7.75. The normalized spacial score (nSPS) is 11.8. The van der Waals surface area contributed by atoms with Crippen LogP contribution in [0.3, 0.4) is 0 Å². The maximum absolute atomic E-state index is 12.4. The Kier molecular flexibility index (Phi) is 7.46. The summed E-state index contributed by atoms with van der Waals surface area (Å²) < 4.78 is 5.99. The summed E-state index contributed by atoms with van der Waals surface area (Å²) in [5, 5.41) is 1.69. The Balaban J connectivity index is 1.73. The Hall–Kier alpha value is -2.70. The Bertz CT molecular complexity index is 1330. The molecule has 0 aliphatic heterocycles. The van der Waals surface area contributed by atoms with E-state index in [1.807, 2.05) is 66.7 Å². The molecule has 1 atom stereocenters. The minimum Gasteiger partial charge on any atom is -0.465 e. The van der Waals surface area contributed by atoms with E-state index in [0.29, 0.717) is 10.6 Å². The zero-order chi connectivity index (χ0) is 23.4. The number of alkyl halides is 1. The first kappa shape index (κ1) is 23.5. The third-order valence-corrected chi connectivity index (χ3v) is 6.60. The first-order valence-electron chi connectivity index (χ1n) is 10.6. The number of esters is 1. The summed E-state index contributed by atoms with van der Waals surface area (Å²) in [5.74, 6) is -0.253. The number of rotatable bonds is 7. The summed E-state index contributed by atoms with van der Waals surface area (Å²) >= 11 is 8.54. The largest absolute Gasteiger partial charge is 0.465 e. The Labute approximate surface area is 212 Å². The van der Waals surface area contributed by atoms with Crippen molar-refractivity contribution in [3.63, 3.8) is 0 Å². The van der Waals surface area contributed by atoms with Crippen LogP contribution in [0.25, 0.3) is 16.5 Å². The molecule has 0 radical (unpaired) electrons. The van der Waals surface area contributed by atoms with Gasteiger partial charge in [0.15, 0.2) is 0 Å². The first-order valence-corrected chi connectivity index (χ1v) is 12.5. The van der Waals surface area contributed by atoms with Crippen molar-refractivity contribution in [1.82, 2.24) is 4.98 Å². The summed E-state index contributed by atoms with van der Waals surface area (Å²) in [4.78, 5) is 17.2. The van der Waals surface area contributed by atoms with Gasteiger partial charge in [0.1, 0.15) is 0 Å². The van der Waals surface area contributed by atoms with Crippen LogP contribution in [0.4, 0.5) is 0 Å². The minimum atomic E-state index is -0.316. The number of ether oxygens (including phenoxy) is 1. The molecule has 0 spiro atoms. The monoisotopic (exact) mass is 567 g/mol. The van der Waals surface area contributed by atoms with Gasteiger partial charge >= 0.3 is 5.97 Å². The van der Waals surface area contributed by atoms with Gasteiger partial charge in [0, 0.05) is 26.3 Å². The Morgan fingerprint density at radius 2 is 1.85 bits per heavy atom. The van der Waals surface area contributed by atoms with Crippen LogP contribution in [0.2, 0.25) is 5.02 Å². The number of nitrogens with zero attached hydrogens (tertiary/aromatic N) is 1. The Morgan fingerprint density at radius 3 is 2.64 bits per heavy atom. The summed E-state index contributed by atoms with van der Waals surface area (Å²) in [5.41, 5.74) is 6.19. The molecule has 3 aromatic carbocycles. The van der Waals surface area contributed by atoms with E-state index in [1.54, 1.807) is 0 Å². The lowest BCUT2D eigenvalue weighted by Gasteiger charge is -2.20. The van der Waals surface area contributed by atoms with Crippen molar-refractivity contribution in [3.05, 3.63) is 118 Å². The van der Waals surface area contributed by atoms with Crippen LogP contribution in [0.15, 0.2) is 85.4 Å². The molecule has 0 saturated carbocycles. The van der Waals surface area contributed by atoms with Crippen LogP contribution >= 0.6 is 34.2 Å². The van der Waals surface area contributed by atoms with E-state index in [2.05, 4.69) is 41.3 Å². The van der Waals surface area contributed by atoms with Gasteiger partial charge in [-0.3, -0.25) is 0 Å².